The average molecular weight is 439 g/mol. The molecule has 0 aromatic carbocycles. The molecule has 0 N–H and O–H groups in total. The molecule has 0 heterocycles. The van der Waals surface area contributed by atoms with E-state index in [1.807, 2.05) is 0 Å². The molecule has 21 heavy (non-hydrogen) atoms. The third-order valence-corrected chi connectivity index (χ3v) is 8.20. The standard InChI is InChI=1S/C9H18OS2.2C4H9.Sn/c1-3-5-7-10-9(11)12-8-6-4-2;2*1-3-4-2;/h3-8H2,1-2H3;2*1,3-4H2,2H3;. The monoisotopic (exact) mass is 440 g/mol. The first-order chi connectivity index (χ1) is 10.2. The van der Waals surface area contributed by atoms with Crippen LogP contribution in [0.4, 0.5) is 0 Å². The summed E-state index contributed by atoms with van der Waals surface area (Å²) in [5, 5.41) is 0. The van der Waals surface area contributed by atoms with E-state index in [9.17, 15) is 0 Å². The van der Waals surface area contributed by atoms with Crippen molar-refractivity contribution in [3.63, 3.8) is 0 Å². The van der Waals surface area contributed by atoms with Gasteiger partial charge in [0.1, 0.15) is 0 Å². The quantitative estimate of drug-likeness (QED) is 0.189. The summed E-state index contributed by atoms with van der Waals surface area (Å²) in [6.45, 7) is 9.70. The molecule has 2 radical (unpaired) electrons. The van der Waals surface area contributed by atoms with E-state index in [0.29, 0.717) is 0 Å². The van der Waals surface area contributed by atoms with Crippen LogP contribution in [0.5, 0.6) is 0 Å². The molecule has 4 heteroatoms. The third kappa shape index (κ3) is 26.3. The molecule has 0 saturated carbocycles. The summed E-state index contributed by atoms with van der Waals surface area (Å²) in [5.74, 6) is 1.10. The van der Waals surface area contributed by atoms with Crippen molar-refractivity contribution in [3.05, 3.63) is 0 Å². The summed E-state index contributed by atoms with van der Waals surface area (Å²) in [5.41, 5.74) is 0. The molecular weight excluding hydrogens is 403 g/mol. The van der Waals surface area contributed by atoms with Crippen LogP contribution in [0, 0.1) is 0 Å². The van der Waals surface area contributed by atoms with Crippen LogP contribution in [-0.4, -0.2) is 37.9 Å². The molecule has 0 aliphatic heterocycles. The van der Waals surface area contributed by atoms with Crippen molar-refractivity contribution in [2.75, 3.05) is 12.4 Å². The van der Waals surface area contributed by atoms with Gasteiger partial charge in [-0.3, -0.25) is 0 Å². The second-order valence-electron chi connectivity index (χ2n) is 5.11. The molecule has 0 saturated heterocycles. The Labute approximate surface area is 154 Å². The molecule has 0 unspecified atom stereocenters. The molecule has 0 amide bonds. The zero-order valence-corrected chi connectivity index (χ0v) is 19.2. The predicted octanol–water partition coefficient (Wildman–Crippen LogP) is 6.75. The minimum absolute atomic E-state index is 0.149. The number of ether oxygens (including phenoxy) is 1. The second kappa shape index (κ2) is 23.3. The van der Waals surface area contributed by atoms with E-state index in [1.165, 1.54) is 44.9 Å². The molecule has 0 aromatic heterocycles. The molecule has 126 valence electrons. The first-order valence-electron chi connectivity index (χ1n) is 8.73. The molecule has 0 bridgehead atoms. The first-order valence-corrected chi connectivity index (χ1v) is 14.2. The van der Waals surface area contributed by atoms with Gasteiger partial charge in [0.15, 0.2) is 0 Å². The summed E-state index contributed by atoms with van der Waals surface area (Å²) in [6, 6.07) is 0. The summed E-state index contributed by atoms with van der Waals surface area (Å²) in [6.07, 6.45) is 10.6. The van der Waals surface area contributed by atoms with Gasteiger partial charge in [-0.1, -0.05) is 38.5 Å². The normalized spacial score (nSPS) is 9.90. The predicted molar refractivity (Wildman–Crippen MR) is 106 cm³/mol. The number of rotatable bonds is 12. The zero-order chi connectivity index (χ0) is 16.2. The Kier molecular flexibility index (Phi) is 27.0. The van der Waals surface area contributed by atoms with E-state index in [2.05, 4.69) is 27.7 Å². The van der Waals surface area contributed by atoms with Crippen molar-refractivity contribution >= 4 is 49.5 Å². The van der Waals surface area contributed by atoms with E-state index in [0.717, 1.165) is 23.2 Å². The minimum atomic E-state index is 0.149. The number of thiocarbonyl (C=S) groups is 1. The number of thioether (sulfide) groups is 1. The van der Waals surface area contributed by atoms with Crippen LogP contribution < -0.4 is 0 Å². The van der Waals surface area contributed by atoms with Gasteiger partial charge in [-0.15, -0.1) is 0 Å². The van der Waals surface area contributed by atoms with Crippen molar-refractivity contribution < 1.29 is 4.74 Å². The van der Waals surface area contributed by atoms with Gasteiger partial charge in [-0.05, 0) is 25.1 Å². The summed E-state index contributed by atoms with van der Waals surface area (Å²) < 4.78 is 9.29. The van der Waals surface area contributed by atoms with E-state index in [-0.39, 0.29) is 21.1 Å². The fraction of sp³-hybridized carbons (Fsp3) is 0.941. The van der Waals surface area contributed by atoms with E-state index < -0.39 is 0 Å². The second-order valence-corrected chi connectivity index (χ2v) is 11.1. The Balaban J connectivity index is 0. The molecule has 1 nitrogen and oxygen atoms in total. The summed E-state index contributed by atoms with van der Waals surface area (Å²) in [4.78, 5) is 0. The topological polar surface area (TPSA) is 9.23 Å². The summed E-state index contributed by atoms with van der Waals surface area (Å²) >= 11 is 6.83. The zero-order valence-electron chi connectivity index (χ0n) is 14.7. The Morgan fingerprint density at radius 1 is 0.857 bits per heavy atom. The Hall–Kier alpha value is 1.04. The van der Waals surface area contributed by atoms with Gasteiger partial charge in [-0.2, -0.15) is 0 Å². The van der Waals surface area contributed by atoms with Gasteiger partial charge in [0.2, 0.25) is 4.38 Å². The Morgan fingerprint density at radius 3 is 1.86 bits per heavy atom. The van der Waals surface area contributed by atoms with Crippen molar-refractivity contribution in [1.29, 1.82) is 0 Å². The first kappa shape index (κ1) is 24.3. The van der Waals surface area contributed by atoms with Crippen molar-refractivity contribution in [1.82, 2.24) is 0 Å². The maximum atomic E-state index is 5.32. The Morgan fingerprint density at radius 2 is 1.38 bits per heavy atom. The van der Waals surface area contributed by atoms with Gasteiger partial charge in [0, 0.05) is 5.75 Å². The average Bonchev–Trinajstić information content (AvgIpc) is 2.48. The fourth-order valence-corrected chi connectivity index (χ4v) is 6.63. The fourth-order valence-electron chi connectivity index (χ4n) is 1.37. The number of hydrogen-bond acceptors (Lipinski definition) is 3. The van der Waals surface area contributed by atoms with Crippen LogP contribution in [0.1, 0.15) is 79.1 Å². The van der Waals surface area contributed by atoms with E-state index >= 15 is 0 Å². The van der Waals surface area contributed by atoms with Crippen LogP contribution in [0.15, 0.2) is 0 Å². The van der Waals surface area contributed by atoms with Gasteiger partial charge in [-0.25, -0.2) is 0 Å². The van der Waals surface area contributed by atoms with Gasteiger partial charge >= 0.3 is 69.5 Å². The molecule has 0 aliphatic rings. The van der Waals surface area contributed by atoms with Crippen LogP contribution in [0.3, 0.4) is 0 Å². The van der Waals surface area contributed by atoms with Crippen LogP contribution in [0.25, 0.3) is 0 Å². The van der Waals surface area contributed by atoms with Crippen molar-refractivity contribution in [2.24, 2.45) is 0 Å². The van der Waals surface area contributed by atoms with E-state index in [1.54, 1.807) is 20.6 Å². The number of unbranched alkanes of at least 4 members (excludes halogenated alkanes) is 4. The molecule has 0 rings (SSSR count). The molecule has 0 aliphatic carbocycles. The summed E-state index contributed by atoms with van der Waals surface area (Å²) in [7, 11) is 0. The third-order valence-electron chi connectivity index (χ3n) is 2.85. The van der Waals surface area contributed by atoms with Gasteiger partial charge in [0.05, 0.1) is 6.61 Å². The van der Waals surface area contributed by atoms with Crippen molar-refractivity contribution in [2.45, 2.75) is 87.9 Å². The van der Waals surface area contributed by atoms with Crippen LogP contribution in [-0.2, 0) is 4.74 Å². The molecule has 0 aromatic rings. The molecular formula is C17H36OS2Sn. The van der Waals surface area contributed by atoms with Gasteiger partial charge in [0.25, 0.3) is 0 Å². The Bertz CT molecular complexity index is 183. The van der Waals surface area contributed by atoms with Crippen LogP contribution >= 0.6 is 24.0 Å². The molecule has 0 atom stereocenters. The SMILES string of the molecule is CCCCOC(=S)SCCCC.CCC[CH2][Sn][CH2]CCC. The van der Waals surface area contributed by atoms with Crippen LogP contribution in [0.2, 0.25) is 8.87 Å². The maximum absolute atomic E-state index is 5.32. The molecule has 0 spiro atoms. The molecule has 0 fully saturated rings. The number of hydrogen-bond donors (Lipinski definition) is 0. The van der Waals surface area contributed by atoms with E-state index in [4.69, 9.17) is 17.0 Å². The van der Waals surface area contributed by atoms with Gasteiger partial charge < -0.3 is 4.74 Å². The van der Waals surface area contributed by atoms with Crippen molar-refractivity contribution in [3.8, 4) is 0 Å².